The first-order chi connectivity index (χ1) is 9.20. The molecule has 0 aromatic carbocycles. The Morgan fingerprint density at radius 2 is 2.21 bits per heavy atom. The molecule has 2 heterocycles. The van der Waals surface area contributed by atoms with Gasteiger partial charge in [-0.1, -0.05) is 0 Å². The van der Waals surface area contributed by atoms with Crippen LogP contribution >= 0.6 is 0 Å². The molecule has 0 aliphatic heterocycles. The minimum absolute atomic E-state index is 0.738. The smallest absolute Gasteiger partial charge is 0.0642 e. The summed E-state index contributed by atoms with van der Waals surface area (Å²) in [5.74, 6) is 0. The Labute approximate surface area is 114 Å². The molecule has 2 aromatic heterocycles. The number of ether oxygens (including phenoxy) is 1. The monoisotopic (exact) mass is 262 g/mol. The van der Waals surface area contributed by atoms with Gasteiger partial charge in [-0.15, -0.1) is 0 Å². The minimum Gasteiger partial charge on any atom is -0.383 e. The second-order valence-electron chi connectivity index (χ2n) is 4.70. The van der Waals surface area contributed by atoms with Gasteiger partial charge in [0, 0.05) is 39.1 Å². The fourth-order valence-electron chi connectivity index (χ4n) is 2.14. The Balaban J connectivity index is 1.97. The maximum absolute atomic E-state index is 5.02. The topological polar surface area (TPSA) is 44.0 Å². The molecular weight excluding hydrogens is 240 g/mol. The maximum Gasteiger partial charge on any atom is 0.0642 e. The van der Waals surface area contributed by atoms with Crippen LogP contribution in [0.4, 0.5) is 0 Å². The van der Waals surface area contributed by atoms with Crippen LogP contribution in [-0.2, 0) is 24.9 Å². The van der Waals surface area contributed by atoms with Crippen molar-refractivity contribution < 1.29 is 4.74 Å². The van der Waals surface area contributed by atoms with Crippen LogP contribution in [0, 0.1) is 6.92 Å². The van der Waals surface area contributed by atoms with E-state index in [0.29, 0.717) is 0 Å². The van der Waals surface area contributed by atoms with Crippen LogP contribution in [0.1, 0.15) is 17.1 Å². The highest BCUT2D eigenvalue weighted by atomic mass is 16.5. The molecule has 0 unspecified atom stereocenters. The molecule has 0 saturated carbocycles. The fraction of sp³-hybridized carbons (Fsp3) is 0.500. The third-order valence-corrected chi connectivity index (χ3v) is 3.14. The summed E-state index contributed by atoms with van der Waals surface area (Å²) in [5.41, 5.74) is 3.55. The number of rotatable bonds is 7. The van der Waals surface area contributed by atoms with Gasteiger partial charge in [0.25, 0.3) is 0 Å². The van der Waals surface area contributed by atoms with Crippen molar-refractivity contribution in [2.75, 3.05) is 20.3 Å². The van der Waals surface area contributed by atoms with Gasteiger partial charge < -0.3 is 14.6 Å². The number of methoxy groups -OCH3 is 1. The Morgan fingerprint density at radius 3 is 2.89 bits per heavy atom. The van der Waals surface area contributed by atoms with E-state index < -0.39 is 0 Å². The largest absolute Gasteiger partial charge is 0.383 e. The van der Waals surface area contributed by atoms with E-state index >= 15 is 0 Å². The molecule has 0 saturated heterocycles. The average molecular weight is 262 g/mol. The van der Waals surface area contributed by atoms with Crippen LogP contribution in [-0.4, -0.2) is 34.6 Å². The van der Waals surface area contributed by atoms with Crippen molar-refractivity contribution in [1.29, 1.82) is 0 Å². The molecule has 0 aliphatic carbocycles. The molecule has 2 rings (SSSR count). The van der Waals surface area contributed by atoms with E-state index in [4.69, 9.17) is 4.74 Å². The zero-order valence-electron chi connectivity index (χ0n) is 11.9. The summed E-state index contributed by atoms with van der Waals surface area (Å²) in [5, 5.41) is 7.75. The molecule has 1 N–H and O–H groups in total. The Morgan fingerprint density at radius 1 is 1.37 bits per heavy atom. The first kappa shape index (κ1) is 13.8. The van der Waals surface area contributed by atoms with Gasteiger partial charge in [-0.2, -0.15) is 5.10 Å². The van der Waals surface area contributed by atoms with Crippen LogP contribution in [0.25, 0.3) is 0 Å². The summed E-state index contributed by atoms with van der Waals surface area (Å²) in [6, 6.07) is 6.35. The molecule has 104 valence electrons. The van der Waals surface area contributed by atoms with E-state index in [-0.39, 0.29) is 0 Å². The Hall–Kier alpha value is -1.59. The lowest BCUT2D eigenvalue weighted by Crippen LogP contribution is -2.20. The SMILES string of the molecule is COCCNCc1cccn1Cc1cc(C)nn1C. The van der Waals surface area contributed by atoms with Gasteiger partial charge in [-0.25, -0.2) is 0 Å². The molecule has 5 nitrogen and oxygen atoms in total. The molecule has 0 fully saturated rings. The highest BCUT2D eigenvalue weighted by molar-refractivity contribution is 5.13. The second-order valence-corrected chi connectivity index (χ2v) is 4.70. The lowest BCUT2D eigenvalue weighted by atomic mass is 10.3. The molecule has 0 aliphatic rings. The number of nitrogens with zero attached hydrogens (tertiary/aromatic N) is 3. The number of nitrogens with one attached hydrogen (secondary N) is 1. The molecule has 5 heteroatoms. The van der Waals surface area contributed by atoms with E-state index in [2.05, 4.69) is 39.4 Å². The molecular formula is C14H22N4O. The van der Waals surface area contributed by atoms with Gasteiger partial charge in [-0.05, 0) is 25.1 Å². The summed E-state index contributed by atoms with van der Waals surface area (Å²) in [6.45, 7) is 5.33. The third kappa shape index (κ3) is 3.68. The van der Waals surface area contributed by atoms with Crippen LogP contribution in [0.15, 0.2) is 24.4 Å². The van der Waals surface area contributed by atoms with E-state index in [0.717, 1.165) is 31.9 Å². The van der Waals surface area contributed by atoms with Gasteiger partial charge in [0.05, 0.1) is 24.5 Å². The highest BCUT2D eigenvalue weighted by Gasteiger charge is 2.05. The van der Waals surface area contributed by atoms with Crippen molar-refractivity contribution in [3.8, 4) is 0 Å². The predicted molar refractivity (Wildman–Crippen MR) is 75.1 cm³/mol. The molecule has 0 radical (unpaired) electrons. The maximum atomic E-state index is 5.02. The third-order valence-electron chi connectivity index (χ3n) is 3.14. The van der Waals surface area contributed by atoms with Crippen LogP contribution in [0.5, 0.6) is 0 Å². The zero-order chi connectivity index (χ0) is 13.7. The van der Waals surface area contributed by atoms with Crippen molar-refractivity contribution in [2.24, 2.45) is 7.05 Å². The number of hydrogen-bond donors (Lipinski definition) is 1. The Kier molecular flexibility index (Phi) is 4.76. The quantitative estimate of drug-likeness (QED) is 0.765. The number of aromatic nitrogens is 3. The van der Waals surface area contributed by atoms with Gasteiger partial charge in [-0.3, -0.25) is 4.68 Å². The van der Waals surface area contributed by atoms with Crippen molar-refractivity contribution >= 4 is 0 Å². The second kappa shape index (κ2) is 6.54. The molecule has 19 heavy (non-hydrogen) atoms. The first-order valence-corrected chi connectivity index (χ1v) is 6.54. The Bertz CT molecular complexity index is 515. The van der Waals surface area contributed by atoms with Crippen molar-refractivity contribution in [3.05, 3.63) is 41.5 Å². The summed E-state index contributed by atoms with van der Waals surface area (Å²) < 4.78 is 9.21. The van der Waals surface area contributed by atoms with Gasteiger partial charge in [0.2, 0.25) is 0 Å². The molecule has 0 spiro atoms. The van der Waals surface area contributed by atoms with Gasteiger partial charge in [0.15, 0.2) is 0 Å². The standard InChI is InChI=1S/C14H22N4O/c1-12-9-14(17(2)16-12)11-18-7-4-5-13(18)10-15-6-8-19-3/h4-5,7,9,15H,6,8,10-11H2,1-3H3. The number of hydrogen-bond acceptors (Lipinski definition) is 3. The summed E-state index contributed by atoms with van der Waals surface area (Å²) in [6.07, 6.45) is 2.11. The lowest BCUT2D eigenvalue weighted by molar-refractivity contribution is 0.199. The normalized spacial score (nSPS) is 11.1. The fourth-order valence-corrected chi connectivity index (χ4v) is 2.14. The lowest BCUT2D eigenvalue weighted by Gasteiger charge is -2.10. The molecule has 0 atom stereocenters. The highest BCUT2D eigenvalue weighted by Crippen LogP contribution is 2.08. The van der Waals surface area contributed by atoms with E-state index in [1.807, 2.05) is 18.7 Å². The first-order valence-electron chi connectivity index (χ1n) is 6.54. The summed E-state index contributed by atoms with van der Waals surface area (Å²) >= 11 is 0. The summed E-state index contributed by atoms with van der Waals surface area (Å²) in [4.78, 5) is 0. The molecule has 2 aromatic rings. The molecule has 0 bridgehead atoms. The van der Waals surface area contributed by atoms with Crippen molar-refractivity contribution in [1.82, 2.24) is 19.7 Å². The van der Waals surface area contributed by atoms with Gasteiger partial charge in [0.1, 0.15) is 0 Å². The van der Waals surface area contributed by atoms with Crippen LogP contribution in [0.3, 0.4) is 0 Å². The van der Waals surface area contributed by atoms with Crippen LogP contribution in [0.2, 0.25) is 0 Å². The minimum atomic E-state index is 0.738. The van der Waals surface area contributed by atoms with E-state index in [9.17, 15) is 0 Å². The van der Waals surface area contributed by atoms with Gasteiger partial charge >= 0.3 is 0 Å². The predicted octanol–water partition coefficient (Wildman–Crippen LogP) is 1.31. The van der Waals surface area contributed by atoms with Crippen molar-refractivity contribution in [3.63, 3.8) is 0 Å². The number of aryl methyl sites for hydroxylation is 2. The van der Waals surface area contributed by atoms with E-state index in [1.165, 1.54) is 11.4 Å². The zero-order valence-corrected chi connectivity index (χ0v) is 11.9. The molecule has 0 amide bonds. The summed E-state index contributed by atoms with van der Waals surface area (Å²) in [7, 11) is 3.71. The van der Waals surface area contributed by atoms with Crippen LogP contribution < -0.4 is 5.32 Å². The van der Waals surface area contributed by atoms with E-state index in [1.54, 1.807) is 7.11 Å². The van der Waals surface area contributed by atoms with Crippen molar-refractivity contribution in [2.45, 2.75) is 20.0 Å². The average Bonchev–Trinajstić information content (AvgIpc) is 2.93.